The van der Waals surface area contributed by atoms with Crippen molar-refractivity contribution < 1.29 is 4.79 Å². The Morgan fingerprint density at radius 1 is 1.20 bits per heavy atom. The molecule has 0 unspecified atom stereocenters. The summed E-state index contributed by atoms with van der Waals surface area (Å²) in [6.45, 7) is 7.44. The summed E-state index contributed by atoms with van der Waals surface area (Å²) in [4.78, 5) is 20.0. The Bertz CT molecular complexity index is 1240. The number of carbonyl (C=O) groups is 1. The number of pyridine rings is 1. The number of carbonyl (C=O) groups excluding carboxylic acids is 1. The first-order valence-corrected chi connectivity index (χ1v) is 10.1. The molecule has 1 aromatic carbocycles. The Labute approximate surface area is 176 Å². The van der Waals surface area contributed by atoms with Crippen molar-refractivity contribution in [2.45, 2.75) is 33.9 Å². The molecule has 3 heterocycles. The molecule has 1 amide bonds. The number of aryl methyl sites for hydroxylation is 3. The van der Waals surface area contributed by atoms with Crippen molar-refractivity contribution in [2.24, 2.45) is 7.05 Å². The van der Waals surface area contributed by atoms with Gasteiger partial charge in [-0.15, -0.1) is 0 Å². The van der Waals surface area contributed by atoms with Gasteiger partial charge in [0.25, 0.3) is 5.91 Å². The van der Waals surface area contributed by atoms with E-state index in [0.717, 1.165) is 45.7 Å². The lowest BCUT2D eigenvalue weighted by molar-refractivity contribution is 0.0786. The minimum atomic E-state index is -0.0400. The molecule has 0 aliphatic rings. The summed E-state index contributed by atoms with van der Waals surface area (Å²) in [5, 5.41) is 9.67. The number of nitrogens with zero attached hydrogens (tertiary/aromatic N) is 6. The summed E-state index contributed by atoms with van der Waals surface area (Å²) in [6.07, 6.45) is 3.67. The number of benzene rings is 1. The summed E-state index contributed by atoms with van der Waals surface area (Å²) >= 11 is 0. The SMILES string of the molecule is CCn1nc(C)c(CN(C)C(=O)c2cc(-c3cnn(C)c3)nc3ccccc23)c1C. The highest BCUT2D eigenvalue weighted by atomic mass is 16.2. The van der Waals surface area contributed by atoms with E-state index in [-0.39, 0.29) is 5.91 Å². The van der Waals surface area contributed by atoms with E-state index in [1.165, 1.54) is 0 Å². The van der Waals surface area contributed by atoms with Crippen LogP contribution in [0.3, 0.4) is 0 Å². The van der Waals surface area contributed by atoms with E-state index in [9.17, 15) is 4.79 Å². The number of aromatic nitrogens is 5. The maximum atomic E-state index is 13.5. The third-order valence-corrected chi connectivity index (χ3v) is 5.52. The van der Waals surface area contributed by atoms with Crippen molar-refractivity contribution in [1.82, 2.24) is 29.4 Å². The molecular formula is C23H26N6O. The maximum Gasteiger partial charge on any atom is 0.254 e. The van der Waals surface area contributed by atoms with E-state index in [2.05, 4.69) is 24.0 Å². The van der Waals surface area contributed by atoms with Crippen molar-refractivity contribution in [3.05, 3.63) is 65.2 Å². The Hall–Kier alpha value is -3.48. The van der Waals surface area contributed by atoms with E-state index in [4.69, 9.17) is 4.98 Å². The Kier molecular flexibility index (Phi) is 5.11. The second kappa shape index (κ2) is 7.74. The number of amides is 1. The van der Waals surface area contributed by atoms with Gasteiger partial charge in [0, 0.05) is 55.6 Å². The Morgan fingerprint density at radius 2 is 1.97 bits per heavy atom. The molecule has 0 aliphatic heterocycles. The topological polar surface area (TPSA) is 68.8 Å². The highest BCUT2D eigenvalue weighted by Gasteiger charge is 2.20. The van der Waals surface area contributed by atoms with E-state index in [0.29, 0.717) is 12.1 Å². The lowest BCUT2D eigenvalue weighted by atomic mass is 10.0. The van der Waals surface area contributed by atoms with Gasteiger partial charge in [0.2, 0.25) is 0 Å². The standard InChI is InChI=1S/C23H26N6O/c1-6-29-16(3)20(15(2)26-29)14-27(4)23(30)19-11-22(17-12-24-28(5)13-17)25-21-10-8-7-9-18(19)21/h7-13H,6,14H2,1-5H3. The molecule has 0 atom stereocenters. The van der Waals surface area contributed by atoms with Gasteiger partial charge in [-0.1, -0.05) is 18.2 Å². The summed E-state index contributed by atoms with van der Waals surface area (Å²) in [5.74, 6) is -0.0400. The first kappa shape index (κ1) is 19.8. The van der Waals surface area contributed by atoms with Gasteiger partial charge in [-0.2, -0.15) is 10.2 Å². The second-order valence-corrected chi connectivity index (χ2v) is 7.60. The van der Waals surface area contributed by atoms with Gasteiger partial charge in [-0.25, -0.2) is 4.98 Å². The smallest absolute Gasteiger partial charge is 0.254 e. The third kappa shape index (κ3) is 3.47. The van der Waals surface area contributed by atoms with Gasteiger partial charge in [0.15, 0.2) is 0 Å². The molecular weight excluding hydrogens is 376 g/mol. The van der Waals surface area contributed by atoms with Crippen LogP contribution < -0.4 is 0 Å². The van der Waals surface area contributed by atoms with Crippen LogP contribution in [0.4, 0.5) is 0 Å². The lowest BCUT2D eigenvalue weighted by Crippen LogP contribution is -2.27. The van der Waals surface area contributed by atoms with Gasteiger partial charge < -0.3 is 4.90 Å². The van der Waals surface area contributed by atoms with E-state index < -0.39 is 0 Å². The summed E-state index contributed by atoms with van der Waals surface area (Å²) in [5.41, 5.74) is 6.22. The first-order chi connectivity index (χ1) is 14.4. The van der Waals surface area contributed by atoms with Crippen LogP contribution in [-0.2, 0) is 20.1 Å². The summed E-state index contributed by atoms with van der Waals surface area (Å²) in [6, 6.07) is 9.62. The average Bonchev–Trinajstić information content (AvgIpc) is 3.30. The molecule has 0 fully saturated rings. The van der Waals surface area contributed by atoms with Crippen LogP contribution in [0.1, 0.15) is 34.2 Å². The second-order valence-electron chi connectivity index (χ2n) is 7.60. The molecule has 0 N–H and O–H groups in total. The fraction of sp³-hybridized carbons (Fsp3) is 0.304. The van der Waals surface area contributed by atoms with Gasteiger partial charge in [0.05, 0.1) is 28.7 Å². The maximum absolute atomic E-state index is 13.5. The molecule has 0 saturated carbocycles. The quantitative estimate of drug-likeness (QED) is 0.510. The van der Waals surface area contributed by atoms with Crippen LogP contribution in [0.25, 0.3) is 22.2 Å². The van der Waals surface area contributed by atoms with Gasteiger partial charge in [-0.05, 0) is 32.9 Å². The van der Waals surface area contributed by atoms with Crippen molar-refractivity contribution in [3.63, 3.8) is 0 Å². The van der Waals surface area contributed by atoms with E-state index in [1.54, 1.807) is 15.8 Å². The van der Waals surface area contributed by atoms with Gasteiger partial charge in [0.1, 0.15) is 0 Å². The normalized spacial score (nSPS) is 11.2. The molecule has 7 heteroatoms. The highest BCUT2D eigenvalue weighted by molar-refractivity contribution is 6.07. The molecule has 0 spiro atoms. The molecule has 3 aromatic heterocycles. The minimum absolute atomic E-state index is 0.0400. The Balaban J connectivity index is 1.74. The van der Waals surface area contributed by atoms with Crippen LogP contribution in [0.15, 0.2) is 42.7 Å². The van der Waals surface area contributed by atoms with E-state index >= 15 is 0 Å². The monoisotopic (exact) mass is 402 g/mol. The number of hydrogen-bond acceptors (Lipinski definition) is 4. The molecule has 4 aromatic rings. The lowest BCUT2D eigenvalue weighted by Gasteiger charge is -2.19. The number of rotatable bonds is 5. The summed E-state index contributed by atoms with van der Waals surface area (Å²) in [7, 11) is 3.70. The van der Waals surface area contributed by atoms with Crippen LogP contribution in [-0.4, -0.2) is 42.4 Å². The van der Waals surface area contributed by atoms with Crippen LogP contribution in [0.2, 0.25) is 0 Å². The van der Waals surface area contributed by atoms with Gasteiger partial charge in [-0.3, -0.25) is 14.2 Å². The zero-order chi connectivity index (χ0) is 21.4. The first-order valence-electron chi connectivity index (χ1n) is 10.1. The molecule has 4 rings (SSSR count). The van der Waals surface area contributed by atoms with Crippen LogP contribution in [0, 0.1) is 13.8 Å². The predicted octanol–water partition coefficient (Wildman–Crippen LogP) is 3.74. The largest absolute Gasteiger partial charge is 0.337 e. The predicted molar refractivity (Wildman–Crippen MR) is 117 cm³/mol. The van der Waals surface area contributed by atoms with Crippen molar-refractivity contribution in [3.8, 4) is 11.3 Å². The van der Waals surface area contributed by atoms with Crippen molar-refractivity contribution in [2.75, 3.05) is 7.05 Å². The zero-order valence-electron chi connectivity index (χ0n) is 18.0. The number of para-hydroxylation sites is 1. The fourth-order valence-electron chi connectivity index (χ4n) is 3.84. The van der Waals surface area contributed by atoms with Crippen molar-refractivity contribution >= 4 is 16.8 Å². The van der Waals surface area contributed by atoms with Gasteiger partial charge >= 0.3 is 0 Å². The molecule has 0 radical (unpaired) electrons. The summed E-state index contributed by atoms with van der Waals surface area (Å²) < 4.78 is 3.71. The highest BCUT2D eigenvalue weighted by Crippen LogP contribution is 2.26. The Morgan fingerprint density at radius 3 is 2.63 bits per heavy atom. The van der Waals surface area contributed by atoms with Crippen molar-refractivity contribution in [1.29, 1.82) is 0 Å². The van der Waals surface area contributed by atoms with Crippen LogP contribution in [0.5, 0.6) is 0 Å². The molecule has 7 nitrogen and oxygen atoms in total. The molecule has 0 aliphatic carbocycles. The third-order valence-electron chi connectivity index (χ3n) is 5.52. The number of fused-ring (bicyclic) bond motifs is 1. The molecule has 154 valence electrons. The average molecular weight is 403 g/mol. The van der Waals surface area contributed by atoms with Crippen LogP contribution >= 0.6 is 0 Å². The number of hydrogen-bond donors (Lipinski definition) is 0. The molecule has 0 bridgehead atoms. The zero-order valence-corrected chi connectivity index (χ0v) is 18.0. The minimum Gasteiger partial charge on any atom is -0.337 e. The molecule has 30 heavy (non-hydrogen) atoms. The van der Waals surface area contributed by atoms with E-state index in [1.807, 2.05) is 62.2 Å². The molecule has 0 saturated heterocycles. The fourth-order valence-corrected chi connectivity index (χ4v) is 3.84.